The molecule has 0 heterocycles. The first-order chi connectivity index (χ1) is 13.3. The van der Waals surface area contributed by atoms with Crippen LogP contribution in [0, 0.1) is 29.1 Å². The predicted octanol–water partition coefficient (Wildman–Crippen LogP) is 8.86. The molecule has 0 radical (unpaired) electrons. The third-order valence-electron chi connectivity index (χ3n) is 9.22. The van der Waals surface area contributed by atoms with E-state index in [1.807, 2.05) is 0 Å². The molecule has 29 heavy (non-hydrogen) atoms. The third kappa shape index (κ3) is 4.67. The largest absolute Gasteiger partial charge is 0.408 e. The average Bonchev–Trinajstić information content (AvgIpc) is 3.12. The van der Waals surface area contributed by atoms with Crippen molar-refractivity contribution >= 4 is 24.2 Å². The van der Waals surface area contributed by atoms with Crippen LogP contribution in [0.3, 0.4) is 0 Å². The van der Waals surface area contributed by atoms with Crippen LogP contribution in [-0.4, -0.2) is 13.9 Å². The summed E-state index contributed by atoms with van der Waals surface area (Å²) in [6, 6.07) is 0. The molecule has 3 rings (SSSR count). The quantitative estimate of drug-likeness (QED) is 0.281. The first kappa shape index (κ1) is 23.8. The van der Waals surface area contributed by atoms with E-state index in [1.165, 1.54) is 44.9 Å². The van der Waals surface area contributed by atoms with Gasteiger partial charge in [0, 0.05) is 0 Å². The maximum atomic E-state index is 6.86. The smallest absolute Gasteiger partial charge is 0.193 e. The van der Waals surface area contributed by atoms with Gasteiger partial charge in [0.25, 0.3) is 0 Å². The van der Waals surface area contributed by atoms with Gasteiger partial charge in [-0.2, -0.15) is 0 Å². The van der Waals surface area contributed by atoms with Crippen molar-refractivity contribution in [2.24, 2.45) is 29.1 Å². The summed E-state index contributed by atoms with van der Waals surface area (Å²) < 4.78 is 6.86. The molecule has 1 nitrogen and oxygen atoms in total. The fraction of sp³-hybridized carbons (Fsp3) is 0.846. The SMILES string of the molecule is C[C@H](C[C@H]1C=C[C@](C)(O[Si](C)(C)C(C)(C)C)C1)[C@H]1CCC2C(=CBr)CCC[C@@]21C. The lowest BCUT2D eigenvalue weighted by Gasteiger charge is -2.45. The Morgan fingerprint density at radius 1 is 1.28 bits per heavy atom. The Morgan fingerprint density at radius 2 is 1.97 bits per heavy atom. The Balaban J connectivity index is 1.63. The number of fused-ring (bicyclic) bond motifs is 1. The maximum absolute atomic E-state index is 6.86. The fourth-order valence-electron chi connectivity index (χ4n) is 6.76. The Labute approximate surface area is 190 Å². The topological polar surface area (TPSA) is 9.23 Å². The molecular weight excluding hydrogens is 436 g/mol. The number of rotatable bonds is 5. The summed E-state index contributed by atoms with van der Waals surface area (Å²) in [6.45, 7) is 19.3. The second-order valence-electron chi connectivity index (χ2n) is 12.5. The zero-order valence-corrected chi connectivity index (χ0v) is 22.9. The highest BCUT2D eigenvalue weighted by Gasteiger charge is 2.51. The molecule has 0 N–H and O–H groups in total. The van der Waals surface area contributed by atoms with E-state index in [2.05, 4.69) is 87.7 Å². The number of allylic oxidation sites excluding steroid dienone is 2. The molecule has 166 valence electrons. The van der Waals surface area contributed by atoms with Gasteiger partial charge in [-0.05, 0) is 104 Å². The molecule has 0 aromatic carbocycles. The van der Waals surface area contributed by atoms with E-state index in [4.69, 9.17) is 4.43 Å². The average molecular weight is 482 g/mol. The number of halogens is 1. The highest BCUT2D eigenvalue weighted by molar-refractivity contribution is 9.11. The van der Waals surface area contributed by atoms with Crippen LogP contribution < -0.4 is 0 Å². The summed E-state index contributed by atoms with van der Waals surface area (Å²) in [7, 11) is -1.75. The lowest BCUT2D eigenvalue weighted by atomic mass is 9.61. The van der Waals surface area contributed by atoms with Gasteiger partial charge < -0.3 is 4.43 Å². The molecule has 0 aliphatic heterocycles. The van der Waals surface area contributed by atoms with Crippen LogP contribution in [0.15, 0.2) is 22.7 Å². The summed E-state index contributed by atoms with van der Waals surface area (Å²) in [6.07, 6.45) is 14.3. The first-order valence-corrected chi connectivity index (χ1v) is 15.8. The molecule has 2 fully saturated rings. The molecule has 1 unspecified atom stereocenters. The molecule has 0 spiro atoms. The van der Waals surface area contributed by atoms with Crippen molar-refractivity contribution in [3.63, 3.8) is 0 Å². The predicted molar refractivity (Wildman–Crippen MR) is 133 cm³/mol. The normalized spacial score (nSPS) is 40.4. The van der Waals surface area contributed by atoms with Gasteiger partial charge >= 0.3 is 0 Å². The second-order valence-corrected chi connectivity index (χ2v) is 17.7. The van der Waals surface area contributed by atoms with Gasteiger partial charge in [-0.1, -0.05) is 68.3 Å². The van der Waals surface area contributed by atoms with Crippen molar-refractivity contribution in [1.82, 2.24) is 0 Å². The van der Waals surface area contributed by atoms with Gasteiger partial charge in [0.05, 0.1) is 5.60 Å². The number of hydrogen-bond donors (Lipinski definition) is 0. The molecule has 0 amide bonds. The Bertz CT molecular complexity index is 660. The summed E-state index contributed by atoms with van der Waals surface area (Å²) in [5.41, 5.74) is 2.14. The minimum Gasteiger partial charge on any atom is -0.408 e. The van der Waals surface area contributed by atoms with E-state index in [0.29, 0.717) is 11.3 Å². The molecule has 2 saturated carbocycles. The number of hydrogen-bond acceptors (Lipinski definition) is 1. The van der Waals surface area contributed by atoms with Crippen molar-refractivity contribution in [2.75, 3.05) is 0 Å². The van der Waals surface area contributed by atoms with Crippen LogP contribution in [0.1, 0.15) is 86.5 Å². The molecule has 6 atom stereocenters. The maximum Gasteiger partial charge on any atom is 0.193 e. The summed E-state index contributed by atoms with van der Waals surface area (Å²) in [5.74, 6) is 3.16. The molecular formula is C26H45BrOSi. The molecule has 3 aliphatic carbocycles. The van der Waals surface area contributed by atoms with E-state index in [9.17, 15) is 0 Å². The zero-order chi connectivity index (χ0) is 21.7. The Morgan fingerprint density at radius 3 is 2.59 bits per heavy atom. The molecule has 0 aromatic rings. The van der Waals surface area contributed by atoms with Crippen LogP contribution in [0.4, 0.5) is 0 Å². The van der Waals surface area contributed by atoms with Crippen LogP contribution in [-0.2, 0) is 4.43 Å². The Hall–Kier alpha value is 0.137. The fourth-order valence-corrected chi connectivity index (χ4v) is 8.93. The highest BCUT2D eigenvalue weighted by Crippen LogP contribution is 2.60. The van der Waals surface area contributed by atoms with Crippen molar-refractivity contribution in [1.29, 1.82) is 0 Å². The van der Waals surface area contributed by atoms with Crippen LogP contribution >= 0.6 is 15.9 Å². The van der Waals surface area contributed by atoms with Gasteiger partial charge in [0.15, 0.2) is 8.32 Å². The van der Waals surface area contributed by atoms with Crippen molar-refractivity contribution in [3.8, 4) is 0 Å². The van der Waals surface area contributed by atoms with Crippen molar-refractivity contribution in [3.05, 3.63) is 22.7 Å². The van der Waals surface area contributed by atoms with E-state index in [1.54, 1.807) is 5.57 Å². The van der Waals surface area contributed by atoms with Crippen molar-refractivity contribution in [2.45, 2.75) is 110 Å². The first-order valence-electron chi connectivity index (χ1n) is 12.0. The van der Waals surface area contributed by atoms with Gasteiger partial charge in [-0.3, -0.25) is 0 Å². The van der Waals surface area contributed by atoms with E-state index < -0.39 is 8.32 Å². The van der Waals surface area contributed by atoms with Crippen LogP contribution in [0.25, 0.3) is 0 Å². The molecule has 0 saturated heterocycles. The molecule has 3 heteroatoms. The minimum absolute atomic E-state index is 0.0633. The van der Waals surface area contributed by atoms with E-state index in [-0.39, 0.29) is 10.6 Å². The van der Waals surface area contributed by atoms with Crippen LogP contribution in [0.5, 0.6) is 0 Å². The highest BCUT2D eigenvalue weighted by atomic mass is 79.9. The lowest BCUT2D eigenvalue weighted by Crippen LogP contribution is -2.47. The van der Waals surface area contributed by atoms with Crippen molar-refractivity contribution < 1.29 is 4.43 Å². The van der Waals surface area contributed by atoms with Gasteiger partial charge in [-0.15, -0.1) is 0 Å². The Kier molecular flexibility index (Phi) is 6.76. The molecule has 3 aliphatic rings. The summed E-state index contributed by atoms with van der Waals surface area (Å²) >= 11 is 3.67. The summed E-state index contributed by atoms with van der Waals surface area (Å²) in [4.78, 5) is 2.26. The zero-order valence-electron chi connectivity index (χ0n) is 20.3. The lowest BCUT2D eigenvalue weighted by molar-refractivity contribution is 0.0791. The monoisotopic (exact) mass is 480 g/mol. The second kappa shape index (κ2) is 8.24. The summed E-state index contributed by atoms with van der Waals surface area (Å²) in [5, 5.41) is 0.268. The van der Waals surface area contributed by atoms with E-state index >= 15 is 0 Å². The van der Waals surface area contributed by atoms with Gasteiger partial charge in [-0.25, -0.2) is 0 Å². The third-order valence-corrected chi connectivity index (χ3v) is 14.4. The van der Waals surface area contributed by atoms with Gasteiger partial charge in [0.1, 0.15) is 0 Å². The minimum atomic E-state index is -1.75. The standard InChI is InChI=1S/C26H45BrOSi/c1-19(22-11-12-23-21(18-27)10-9-14-26(22,23)6)16-20-13-15-25(5,17-20)28-29(7,8)24(2,3)4/h13,15,18-20,22-23H,9-12,14,16-17H2,1-8H3/t19-,20-,22-,23?,25+,26-/m1/s1. The molecule has 0 bridgehead atoms. The van der Waals surface area contributed by atoms with E-state index in [0.717, 1.165) is 17.8 Å². The van der Waals surface area contributed by atoms with Crippen LogP contribution in [0.2, 0.25) is 18.1 Å². The molecule has 0 aromatic heterocycles. The van der Waals surface area contributed by atoms with Gasteiger partial charge in [0.2, 0.25) is 0 Å².